The minimum absolute atomic E-state index is 0.255. The normalized spacial score (nSPS) is 16.0. The lowest BCUT2D eigenvalue weighted by Gasteiger charge is -2.22. The van der Waals surface area contributed by atoms with E-state index in [4.69, 9.17) is 0 Å². The van der Waals surface area contributed by atoms with E-state index in [0.717, 1.165) is 23.1 Å². The first-order chi connectivity index (χ1) is 10.3. The number of benzene rings is 1. The fourth-order valence-electron chi connectivity index (χ4n) is 2.70. The molecular weight excluding hydrogens is 284 g/mol. The van der Waals surface area contributed by atoms with Gasteiger partial charge in [0, 0.05) is 23.5 Å². The zero-order chi connectivity index (χ0) is 14.7. The van der Waals surface area contributed by atoms with E-state index in [2.05, 4.69) is 10.3 Å². The number of nitrogens with zero attached hydrogens (tertiary/aromatic N) is 1. The number of fused-ring (bicyclic) bond motifs is 1. The Balaban J connectivity index is 1.85. The maximum Gasteiger partial charge on any atom is 0.337 e. The summed E-state index contributed by atoms with van der Waals surface area (Å²) >= 11 is 2.02. The first kappa shape index (κ1) is 14.2. The molecule has 0 amide bonds. The quantitative estimate of drug-likeness (QED) is 0.905. The summed E-state index contributed by atoms with van der Waals surface area (Å²) in [6.45, 7) is 0.907. The van der Waals surface area contributed by atoms with Crippen molar-refractivity contribution < 1.29 is 9.90 Å². The average molecular weight is 302 g/mol. The maximum absolute atomic E-state index is 11.3. The van der Waals surface area contributed by atoms with Crippen LogP contribution in [0.1, 0.15) is 23.2 Å². The van der Waals surface area contributed by atoms with Crippen LogP contribution in [0.15, 0.2) is 30.5 Å². The third-order valence-corrected chi connectivity index (χ3v) is 4.97. The minimum atomic E-state index is -0.936. The van der Waals surface area contributed by atoms with Gasteiger partial charge in [-0.05, 0) is 30.3 Å². The third-order valence-electron chi connectivity index (χ3n) is 3.92. The first-order valence-corrected chi connectivity index (χ1v) is 8.34. The van der Waals surface area contributed by atoms with E-state index in [1.54, 1.807) is 0 Å². The molecule has 0 unspecified atom stereocenters. The van der Waals surface area contributed by atoms with Gasteiger partial charge in [-0.25, -0.2) is 9.78 Å². The lowest BCUT2D eigenvalue weighted by Crippen LogP contribution is -2.19. The Kier molecular flexibility index (Phi) is 4.29. The molecule has 1 aromatic carbocycles. The van der Waals surface area contributed by atoms with Crippen molar-refractivity contribution in [3.63, 3.8) is 0 Å². The van der Waals surface area contributed by atoms with Crippen molar-refractivity contribution in [3.8, 4) is 0 Å². The highest BCUT2D eigenvalue weighted by Gasteiger charge is 2.15. The fourth-order valence-corrected chi connectivity index (χ4v) is 3.90. The number of carboxylic acid groups (broad SMARTS) is 1. The summed E-state index contributed by atoms with van der Waals surface area (Å²) in [4.78, 5) is 15.6. The molecule has 5 heteroatoms. The smallest absolute Gasteiger partial charge is 0.337 e. The first-order valence-electron chi connectivity index (χ1n) is 7.18. The molecule has 2 N–H and O–H groups in total. The zero-order valence-electron chi connectivity index (χ0n) is 11.7. The van der Waals surface area contributed by atoms with Crippen LogP contribution in [0.2, 0.25) is 0 Å². The molecule has 0 saturated carbocycles. The van der Waals surface area contributed by atoms with Gasteiger partial charge in [-0.3, -0.25) is 0 Å². The molecule has 0 aliphatic carbocycles. The summed E-state index contributed by atoms with van der Waals surface area (Å²) in [5, 5.41) is 14.3. The number of aromatic carboxylic acids is 1. The molecule has 3 rings (SSSR count). The van der Waals surface area contributed by atoms with E-state index in [0.29, 0.717) is 5.92 Å². The monoisotopic (exact) mass is 302 g/mol. The number of hydrogen-bond donors (Lipinski definition) is 2. The van der Waals surface area contributed by atoms with E-state index in [1.165, 1.54) is 30.5 Å². The van der Waals surface area contributed by atoms with Gasteiger partial charge in [0.1, 0.15) is 5.82 Å². The largest absolute Gasteiger partial charge is 0.478 e. The molecule has 110 valence electrons. The van der Waals surface area contributed by atoms with Crippen molar-refractivity contribution in [1.29, 1.82) is 0 Å². The second-order valence-electron chi connectivity index (χ2n) is 5.31. The number of carbonyl (C=O) groups is 1. The second kappa shape index (κ2) is 6.35. The molecule has 1 aliphatic rings. The number of hydrogen-bond acceptors (Lipinski definition) is 4. The molecule has 4 nitrogen and oxygen atoms in total. The second-order valence-corrected chi connectivity index (χ2v) is 6.53. The lowest BCUT2D eigenvalue weighted by atomic mass is 10.0. The van der Waals surface area contributed by atoms with Gasteiger partial charge in [0.2, 0.25) is 0 Å². The number of pyridine rings is 1. The average Bonchev–Trinajstić information content (AvgIpc) is 2.53. The number of nitrogens with one attached hydrogen (secondary N) is 1. The van der Waals surface area contributed by atoms with E-state index in [-0.39, 0.29) is 5.56 Å². The lowest BCUT2D eigenvalue weighted by molar-refractivity contribution is 0.0698. The van der Waals surface area contributed by atoms with Gasteiger partial charge in [-0.2, -0.15) is 11.8 Å². The van der Waals surface area contributed by atoms with Crippen LogP contribution in [0.4, 0.5) is 5.82 Å². The number of rotatable bonds is 4. The highest BCUT2D eigenvalue weighted by atomic mass is 32.2. The maximum atomic E-state index is 11.3. The van der Waals surface area contributed by atoms with Crippen LogP contribution in [-0.4, -0.2) is 34.1 Å². The van der Waals surface area contributed by atoms with Crippen LogP contribution in [-0.2, 0) is 0 Å². The van der Waals surface area contributed by atoms with E-state index >= 15 is 0 Å². The molecule has 1 aliphatic heterocycles. The summed E-state index contributed by atoms with van der Waals surface area (Å²) in [6, 6.07) is 7.53. The van der Waals surface area contributed by atoms with Crippen LogP contribution in [0.25, 0.3) is 10.8 Å². The van der Waals surface area contributed by atoms with E-state index in [9.17, 15) is 9.90 Å². The van der Waals surface area contributed by atoms with Gasteiger partial charge in [-0.1, -0.05) is 24.3 Å². The number of aromatic nitrogens is 1. The third kappa shape index (κ3) is 3.13. The molecule has 0 radical (unpaired) electrons. The van der Waals surface area contributed by atoms with Crippen LogP contribution >= 0.6 is 11.8 Å². The molecule has 2 heterocycles. The van der Waals surface area contributed by atoms with Crippen LogP contribution in [0.3, 0.4) is 0 Å². The number of carboxylic acids is 1. The topological polar surface area (TPSA) is 62.2 Å². The Bertz CT molecular complexity index is 654. The fraction of sp³-hybridized carbons (Fsp3) is 0.375. The summed E-state index contributed by atoms with van der Waals surface area (Å²) in [6.07, 6.45) is 3.93. The Labute approximate surface area is 128 Å². The molecule has 2 aromatic rings. The van der Waals surface area contributed by atoms with Crippen LogP contribution < -0.4 is 5.32 Å². The zero-order valence-corrected chi connectivity index (χ0v) is 12.5. The van der Waals surface area contributed by atoms with Gasteiger partial charge in [0.05, 0.1) is 5.56 Å². The standard InChI is InChI=1S/C16H18N2O2S/c19-16(20)14-10-18-15(13-4-2-1-3-12(13)14)17-9-11-5-7-21-8-6-11/h1-4,10-11H,5-9H2,(H,17,18)(H,19,20). The molecule has 21 heavy (non-hydrogen) atoms. The molecular formula is C16H18N2O2S. The van der Waals surface area contributed by atoms with Crippen molar-refractivity contribution in [2.24, 2.45) is 5.92 Å². The predicted molar refractivity (Wildman–Crippen MR) is 87.2 cm³/mol. The van der Waals surface area contributed by atoms with Crippen molar-refractivity contribution >= 4 is 34.3 Å². The van der Waals surface area contributed by atoms with Crippen molar-refractivity contribution in [3.05, 3.63) is 36.0 Å². The van der Waals surface area contributed by atoms with Crippen molar-refractivity contribution in [2.45, 2.75) is 12.8 Å². The Hall–Kier alpha value is -1.75. The minimum Gasteiger partial charge on any atom is -0.478 e. The van der Waals surface area contributed by atoms with Gasteiger partial charge in [0.25, 0.3) is 0 Å². The van der Waals surface area contributed by atoms with Crippen molar-refractivity contribution in [1.82, 2.24) is 4.98 Å². The Morgan fingerprint density at radius 1 is 1.29 bits per heavy atom. The molecule has 1 saturated heterocycles. The Morgan fingerprint density at radius 2 is 2.00 bits per heavy atom. The van der Waals surface area contributed by atoms with E-state index < -0.39 is 5.97 Å². The number of anilines is 1. The van der Waals surface area contributed by atoms with Gasteiger partial charge < -0.3 is 10.4 Å². The predicted octanol–water partition coefficient (Wildman–Crippen LogP) is 3.49. The molecule has 1 aromatic heterocycles. The van der Waals surface area contributed by atoms with Crippen LogP contribution in [0, 0.1) is 5.92 Å². The number of thioether (sulfide) groups is 1. The SMILES string of the molecule is O=C(O)c1cnc(NCC2CCSCC2)c2ccccc12. The van der Waals surface area contributed by atoms with Crippen LogP contribution in [0.5, 0.6) is 0 Å². The summed E-state index contributed by atoms with van der Waals surface area (Å²) in [5.74, 6) is 3.01. The highest BCUT2D eigenvalue weighted by molar-refractivity contribution is 7.99. The van der Waals surface area contributed by atoms with Gasteiger partial charge in [-0.15, -0.1) is 0 Å². The van der Waals surface area contributed by atoms with Gasteiger partial charge in [0.15, 0.2) is 0 Å². The Morgan fingerprint density at radius 3 is 2.71 bits per heavy atom. The van der Waals surface area contributed by atoms with Crippen molar-refractivity contribution in [2.75, 3.05) is 23.4 Å². The molecule has 0 spiro atoms. The molecule has 0 bridgehead atoms. The molecule has 1 fully saturated rings. The highest BCUT2D eigenvalue weighted by Crippen LogP contribution is 2.26. The summed E-state index contributed by atoms with van der Waals surface area (Å²) in [7, 11) is 0. The molecule has 0 atom stereocenters. The summed E-state index contributed by atoms with van der Waals surface area (Å²) < 4.78 is 0. The summed E-state index contributed by atoms with van der Waals surface area (Å²) in [5.41, 5.74) is 0.255. The van der Waals surface area contributed by atoms with Gasteiger partial charge >= 0.3 is 5.97 Å². The van der Waals surface area contributed by atoms with E-state index in [1.807, 2.05) is 36.0 Å².